The third kappa shape index (κ3) is 3.63. The first-order valence-corrected chi connectivity index (χ1v) is 5.34. The van der Waals surface area contributed by atoms with Crippen molar-refractivity contribution in [3.05, 3.63) is 0 Å². The maximum Gasteiger partial charge on any atom is 0.0558 e. The molecular weight excluding hydrogens is 166 g/mol. The number of nitrogens with zero attached hydrogens (tertiary/aromatic N) is 1. The van der Waals surface area contributed by atoms with Crippen molar-refractivity contribution < 1.29 is 10.2 Å². The highest BCUT2D eigenvalue weighted by Gasteiger charge is 2.23. The van der Waals surface area contributed by atoms with Gasteiger partial charge in [0.25, 0.3) is 0 Å². The number of hydrogen-bond donors (Lipinski definition) is 2. The minimum Gasteiger partial charge on any atom is -0.396 e. The van der Waals surface area contributed by atoms with Crippen molar-refractivity contribution in [1.29, 1.82) is 0 Å². The van der Waals surface area contributed by atoms with Crippen LogP contribution in [0.25, 0.3) is 0 Å². The number of aliphatic hydroxyl groups is 2. The molecule has 1 aliphatic rings. The van der Waals surface area contributed by atoms with Gasteiger partial charge in [-0.05, 0) is 32.2 Å². The van der Waals surface area contributed by atoms with Gasteiger partial charge >= 0.3 is 0 Å². The lowest BCUT2D eigenvalue weighted by atomic mass is 9.91. The van der Waals surface area contributed by atoms with E-state index in [1.54, 1.807) is 0 Å². The average molecular weight is 187 g/mol. The van der Waals surface area contributed by atoms with Crippen molar-refractivity contribution in [3.8, 4) is 0 Å². The molecule has 13 heavy (non-hydrogen) atoms. The summed E-state index contributed by atoms with van der Waals surface area (Å²) in [5, 5.41) is 17.5. The zero-order valence-corrected chi connectivity index (χ0v) is 8.28. The first kappa shape index (κ1) is 11.0. The molecule has 0 radical (unpaired) electrons. The van der Waals surface area contributed by atoms with E-state index < -0.39 is 0 Å². The second-order valence-corrected chi connectivity index (χ2v) is 3.78. The molecule has 0 spiro atoms. The van der Waals surface area contributed by atoms with Crippen molar-refractivity contribution in [3.63, 3.8) is 0 Å². The summed E-state index contributed by atoms with van der Waals surface area (Å²) in [6.07, 6.45) is 5.85. The van der Waals surface area contributed by atoms with Gasteiger partial charge in [0, 0.05) is 19.2 Å². The lowest BCUT2D eigenvalue weighted by molar-refractivity contribution is 0.0977. The fourth-order valence-corrected chi connectivity index (χ4v) is 1.78. The van der Waals surface area contributed by atoms with Gasteiger partial charge in [-0.3, -0.25) is 4.90 Å². The van der Waals surface area contributed by atoms with Gasteiger partial charge < -0.3 is 10.2 Å². The van der Waals surface area contributed by atoms with Gasteiger partial charge in [0.2, 0.25) is 0 Å². The Bertz CT molecular complexity index is 126. The van der Waals surface area contributed by atoms with Gasteiger partial charge in [0.1, 0.15) is 0 Å². The van der Waals surface area contributed by atoms with Gasteiger partial charge in [-0.1, -0.05) is 6.42 Å². The Balaban J connectivity index is 2.12. The Morgan fingerprint density at radius 1 is 1.00 bits per heavy atom. The molecule has 0 bridgehead atoms. The Morgan fingerprint density at radius 3 is 2.23 bits per heavy atom. The lowest BCUT2D eigenvalue weighted by Crippen LogP contribution is -2.42. The molecule has 0 aliphatic heterocycles. The standard InChI is InChI=1S/C10H21NO2/c12-8-2-1-6-11(7-9-13)10-4-3-5-10/h10,12-13H,1-9H2. The van der Waals surface area contributed by atoms with E-state index in [1.165, 1.54) is 19.3 Å². The number of hydrogen-bond acceptors (Lipinski definition) is 3. The van der Waals surface area contributed by atoms with Crippen LogP contribution in [0.5, 0.6) is 0 Å². The third-order valence-corrected chi connectivity index (χ3v) is 2.83. The highest BCUT2D eigenvalue weighted by molar-refractivity contribution is 4.79. The van der Waals surface area contributed by atoms with Crippen LogP contribution in [0.4, 0.5) is 0 Å². The van der Waals surface area contributed by atoms with E-state index >= 15 is 0 Å². The molecule has 1 rings (SSSR count). The van der Waals surface area contributed by atoms with E-state index in [1.807, 2.05) is 0 Å². The molecule has 78 valence electrons. The molecule has 3 heteroatoms. The first-order valence-electron chi connectivity index (χ1n) is 5.34. The molecule has 3 nitrogen and oxygen atoms in total. The van der Waals surface area contributed by atoms with Gasteiger partial charge in [-0.2, -0.15) is 0 Å². The van der Waals surface area contributed by atoms with Crippen LogP contribution >= 0.6 is 0 Å². The Hall–Kier alpha value is -0.120. The van der Waals surface area contributed by atoms with E-state index in [4.69, 9.17) is 10.2 Å². The fraction of sp³-hybridized carbons (Fsp3) is 1.00. The number of unbranched alkanes of at least 4 members (excludes halogenated alkanes) is 1. The summed E-state index contributed by atoms with van der Waals surface area (Å²) >= 11 is 0. The van der Waals surface area contributed by atoms with E-state index in [0.717, 1.165) is 25.9 Å². The maximum absolute atomic E-state index is 8.87. The second kappa shape index (κ2) is 6.35. The van der Waals surface area contributed by atoms with E-state index in [9.17, 15) is 0 Å². The summed E-state index contributed by atoms with van der Waals surface area (Å²) in [6.45, 7) is 2.38. The minimum atomic E-state index is 0.260. The van der Waals surface area contributed by atoms with Gasteiger partial charge in [0.05, 0.1) is 6.61 Å². The first-order chi connectivity index (χ1) is 6.38. The molecule has 1 aliphatic carbocycles. The quantitative estimate of drug-likeness (QED) is 0.574. The van der Waals surface area contributed by atoms with Gasteiger partial charge in [-0.25, -0.2) is 0 Å². The molecule has 0 aromatic heterocycles. The molecule has 0 aromatic rings. The van der Waals surface area contributed by atoms with Crippen LogP contribution in [0.1, 0.15) is 32.1 Å². The lowest BCUT2D eigenvalue weighted by Gasteiger charge is -2.37. The predicted octanol–water partition coefficient (Wildman–Crippen LogP) is 0.606. The topological polar surface area (TPSA) is 43.7 Å². The molecule has 0 atom stereocenters. The Labute approximate surface area is 80.4 Å². The zero-order chi connectivity index (χ0) is 9.52. The molecule has 2 N–H and O–H groups in total. The summed E-state index contributed by atoms with van der Waals surface area (Å²) in [4.78, 5) is 2.36. The summed E-state index contributed by atoms with van der Waals surface area (Å²) < 4.78 is 0. The average Bonchev–Trinajstić information content (AvgIpc) is 2.02. The van der Waals surface area contributed by atoms with E-state index in [0.29, 0.717) is 6.04 Å². The van der Waals surface area contributed by atoms with Gasteiger partial charge in [-0.15, -0.1) is 0 Å². The monoisotopic (exact) mass is 187 g/mol. The van der Waals surface area contributed by atoms with Gasteiger partial charge in [0.15, 0.2) is 0 Å². The highest BCUT2D eigenvalue weighted by atomic mass is 16.3. The highest BCUT2D eigenvalue weighted by Crippen LogP contribution is 2.24. The summed E-state index contributed by atoms with van der Waals surface area (Å²) in [5.74, 6) is 0. The molecule has 1 fully saturated rings. The third-order valence-electron chi connectivity index (χ3n) is 2.83. The van der Waals surface area contributed by atoms with Crippen LogP contribution in [-0.4, -0.2) is 47.5 Å². The Kier molecular flexibility index (Phi) is 5.35. The smallest absolute Gasteiger partial charge is 0.0558 e. The maximum atomic E-state index is 8.87. The summed E-state index contributed by atoms with van der Waals surface area (Å²) in [7, 11) is 0. The van der Waals surface area contributed by atoms with E-state index in [2.05, 4.69) is 4.90 Å². The molecular formula is C10H21NO2. The Morgan fingerprint density at radius 2 is 1.77 bits per heavy atom. The van der Waals surface area contributed by atoms with Crippen LogP contribution in [0, 0.1) is 0 Å². The molecule has 1 saturated carbocycles. The number of aliphatic hydroxyl groups excluding tert-OH is 2. The normalized spacial score (nSPS) is 17.8. The van der Waals surface area contributed by atoms with Crippen LogP contribution in [-0.2, 0) is 0 Å². The van der Waals surface area contributed by atoms with Crippen LogP contribution in [0.15, 0.2) is 0 Å². The largest absolute Gasteiger partial charge is 0.396 e. The van der Waals surface area contributed by atoms with Crippen molar-refractivity contribution in [2.75, 3.05) is 26.3 Å². The molecule has 0 saturated heterocycles. The van der Waals surface area contributed by atoms with Crippen molar-refractivity contribution >= 4 is 0 Å². The van der Waals surface area contributed by atoms with Crippen LogP contribution in [0.2, 0.25) is 0 Å². The summed E-state index contributed by atoms with van der Waals surface area (Å²) in [5.41, 5.74) is 0. The predicted molar refractivity (Wildman–Crippen MR) is 52.6 cm³/mol. The molecule has 0 amide bonds. The van der Waals surface area contributed by atoms with Crippen molar-refractivity contribution in [2.45, 2.75) is 38.1 Å². The van der Waals surface area contributed by atoms with Crippen molar-refractivity contribution in [1.82, 2.24) is 4.90 Å². The van der Waals surface area contributed by atoms with E-state index in [-0.39, 0.29) is 13.2 Å². The van der Waals surface area contributed by atoms with Crippen LogP contribution < -0.4 is 0 Å². The van der Waals surface area contributed by atoms with Crippen molar-refractivity contribution in [2.24, 2.45) is 0 Å². The molecule has 0 unspecified atom stereocenters. The SMILES string of the molecule is OCCCCN(CCO)C1CCC1. The summed E-state index contributed by atoms with van der Waals surface area (Å²) in [6, 6.07) is 0.714. The van der Waals surface area contributed by atoms with Crippen LogP contribution in [0.3, 0.4) is 0 Å². The molecule has 0 heterocycles. The molecule has 0 aromatic carbocycles. The second-order valence-electron chi connectivity index (χ2n) is 3.78. The fourth-order valence-electron chi connectivity index (χ4n) is 1.78. The minimum absolute atomic E-state index is 0.260. The number of rotatable bonds is 7. The zero-order valence-electron chi connectivity index (χ0n) is 8.28.